The number of ether oxygens (including phenoxy) is 2. The Morgan fingerprint density at radius 1 is 0.743 bits per heavy atom. The number of hydrogen-bond acceptors (Lipinski definition) is 6. The second-order valence-electron chi connectivity index (χ2n) is 6.97. The molecule has 0 aliphatic heterocycles. The van der Waals surface area contributed by atoms with Gasteiger partial charge in [-0.3, -0.25) is 4.79 Å². The zero-order chi connectivity index (χ0) is 25.5. The number of carboxylic acid groups (broad SMARTS) is 1. The summed E-state index contributed by atoms with van der Waals surface area (Å²) in [5.74, 6) is -6.09. The molecular formula is C24H16Cl2FNO7. The lowest BCUT2D eigenvalue weighted by Crippen LogP contribution is -2.48. The predicted molar refractivity (Wildman–Crippen MR) is 124 cm³/mol. The van der Waals surface area contributed by atoms with E-state index in [9.17, 15) is 28.7 Å². The third-order valence-corrected chi connectivity index (χ3v) is 5.04. The van der Waals surface area contributed by atoms with E-state index in [-0.39, 0.29) is 16.8 Å². The molecular weight excluding hydrogens is 504 g/mol. The largest absolute Gasteiger partial charge is 0.478 e. The van der Waals surface area contributed by atoms with Gasteiger partial charge in [-0.05, 0) is 60.7 Å². The van der Waals surface area contributed by atoms with Crippen LogP contribution >= 0.6 is 23.2 Å². The summed E-state index contributed by atoms with van der Waals surface area (Å²) in [4.78, 5) is 50.1. The molecule has 0 radical (unpaired) electrons. The van der Waals surface area contributed by atoms with E-state index in [4.69, 9.17) is 32.7 Å². The van der Waals surface area contributed by atoms with E-state index >= 15 is 0 Å². The molecule has 0 aliphatic rings. The van der Waals surface area contributed by atoms with Crippen molar-refractivity contribution in [2.24, 2.45) is 0 Å². The monoisotopic (exact) mass is 519 g/mol. The smallest absolute Gasteiger partial charge is 0.349 e. The number of para-hydroxylation sites is 1. The first-order valence-electron chi connectivity index (χ1n) is 9.87. The lowest BCUT2D eigenvalue weighted by Gasteiger charge is -2.23. The van der Waals surface area contributed by atoms with Crippen LogP contribution in [0.5, 0.6) is 0 Å². The highest BCUT2D eigenvalue weighted by molar-refractivity contribution is 6.31. The van der Waals surface area contributed by atoms with Crippen LogP contribution in [0.25, 0.3) is 0 Å². The summed E-state index contributed by atoms with van der Waals surface area (Å²) in [5.41, 5.74) is -0.442. The van der Waals surface area contributed by atoms with Crippen LogP contribution in [-0.2, 0) is 19.1 Å². The number of rotatable bonds is 8. The average Bonchev–Trinajstić information content (AvgIpc) is 2.83. The van der Waals surface area contributed by atoms with E-state index in [1.807, 2.05) is 0 Å². The maximum atomic E-state index is 14.1. The van der Waals surface area contributed by atoms with E-state index in [1.54, 1.807) is 0 Å². The molecule has 0 aliphatic carbocycles. The van der Waals surface area contributed by atoms with E-state index in [1.165, 1.54) is 66.7 Å². The first-order valence-corrected chi connectivity index (χ1v) is 10.6. The summed E-state index contributed by atoms with van der Waals surface area (Å²) in [6, 6.07) is 15.7. The van der Waals surface area contributed by atoms with Crippen molar-refractivity contribution in [2.75, 3.05) is 5.32 Å². The molecule has 0 fully saturated rings. The summed E-state index contributed by atoms with van der Waals surface area (Å²) in [7, 11) is 0. The minimum Gasteiger partial charge on any atom is -0.478 e. The average molecular weight is 520 g/mol. The summed E-state index contributed by atoms with van der Waals surface area (Å²) in [5, 5.41) is 12.5. The minimum atomic E-state index is -2.28. The number of carboxylic acids is 1. The highest BCUT2D eigenvalue weighted by Gasteiger charge is 2.41. The second kappa shape index (κ2) is 11.5. The summed E-state index contributed by atoms with van der Waals surface area (Å²) < 4.78 is 24.2. The minimum absolute atomic E-state index is 0.0636. The highest BCUT2D eigenvalue weighted by atomic mass is 35.5. The highest BCUT2D eigenvalue weighted by Crippen LogP contribution is 2.19. The molecule has 3 aromatic rings. The third-order valence-electron chi connectivity index (χ3n) is 4.54. The van der Waals surface area contributed by atoms with Crippen molar-refractivity contribution >= 4 is 52.7 Å². The number of carbonyl (C=O) groups is 4. The van der Waals surface area contributed by atoms with Crippen molar-refractivity contribution in [3.05, 3.63) is 99.8 Å². The van der Waals surface area contributed by atoms with Gasteiger partial charge in [0.1, 0.15) is 5.82 Å². The number of anilines is 1. The zero-order valence-corrected chi connectivity index (χ0v) is 19.1. The Bertz CT molecular complexity index is 1250. The van der Waals surface area contributed by atoms with Gasteiger partial charge in [-0.25, -0.2) is 18.8 Å². The van der Waals surface area contributed by atoms with Crippen molar-refractivity contribution in [3.8, 4) is 0 Å². The lowest BCUT2D eigenvalue weighted by molar-refractivity contribution is -0.157. The second-order valence-corrected chi connectivity index (χ2v) is 7.85. The van der Waals surface area contributed by atoms with Gasteiger partial charge in [-0.2, -0.15) is 0 Å². The van der Waals surface area contributed by atoms with Crippen LogP contribution < -0.4 is 5.32 Å². The van der Waals surface area contributed by atoms with Crippen LogP contribution in [0.1, 0.15) is 20.7 Å². The fourth-order valence-corrected chi connectivity index (χ4v) is 3.05. The first kappa shape index (κ1) is 25.7. The van der Waals surface area contributed by atoms with Crippen molar-refractivity contribution < 1.29 is 38.1 Å². The SMILES string of the molecule is O=C(O[C@@H](C(=O)O)[C@@H](OC(=O)c1ccc(Cl)cc1)C(=O)Nc1ccccc1F)c1ccc(Cl)cc1. The molecule has 0 saturated heterocycles. The molecule has 11 heteroatoms. The maximum Gasteiger partial charge on any atom is 0.349 e. The Hall–Kier alpha value is -3.95. The van der Waals surface area contributed by atoms with Gasteiger partial charge < -0.3 is 19.9 Å². The van der Waals surface area contributed by atoms with Crippen LogP contribution in [0.15, 0.2) is 72.8 Å². The molecule has 0 saturated carbocycles. The number of aliphatic carboxylic acids is 1. The van der Waals surface area contributed by atoms with Crippen molar-refractivity contribution in [1.82, 2.24) is 0 Å². The topological polar surface area (TPSA) is 119 Å². The van der Waals surface area contributed by atoms with Gasteiger partial charge in [0.25, 0.3) is 5.91 Å². The maximum absolute atomic E-state index is 14.1. The zero-order valence-electron chi connectivity index (χ0n) is 17.6. The van der Waals surface area contributed by atoms with Gasteiger partial charge in [0.2, 0.25) is 12.2 Å². The third kappa shape index (κ3) is 6.78. The summed E-state index contributed by atoms with van der Waals surface area (Å²) >= 11 is 11.6. The number of esters is 2. The number of benzene rings is 3. The Morgan fingerprint density at radius 2 is 1.20 bits per heavy atom. The van der Waals surface area contributed by atoms with Gasteiger partial charge in [-0.1, -0.05) is 35.3 Å². The molecule has 0 aromatic heterocycles. The van der Waals surface area contributed by atoms with Crippen LogP contribution in [0.3, 0.4) is 0 Å². The molecule has 0 bridgehead atoms. The number of amides is 1. The molecule has 35 heavy (non-hydrogen) atoms. The van der Waals surface area contributed by atoms with Crippen LogP contribution in [0, 0.1) is 5.82 Å². The van der Waals surface area contributed by atoms with Gasteiger partial charge in [0, 0.05) is 10.0 Å². The summed E-state index contributed by atoms with van der Waals surface area (Å²) in [6.45, 7) is 0. The van der Waals surface area contributed by atoms with Gasteiger partial charge in [0.15, 0.2) is 0 Å². The lowest BCUT2D eigenvalue weighted by atomic mass is 10.1. The number of nitrogens with one attached hydrogen (secondary N) is 1. The number of hydrogen-bond donors (Lipinski definition) is 2. The van der Waals surface area contributed by atoms with E-state index in [0.717, 1.165) is 6.07 Å². The summed E-state index contributed by atoms with van der Waals surface area (Å²) in [6.07, 6.45) is -4.47. The molecule has 180 valence electrons. The molecule has 8 nitrogen and oxygen atoms in total. The van der Waals surface area contributed by atoms with E-state index in [0.29, 0.717) is 10.0 Å². The van der Waals surface area contributed by atoms with Crippen molar-refractivity contribution in [3.63, 3.8) is 0 Å². The number of carbonyl (C=O) groups excluding carboxylic acids is 3. The predicted octanol–water partition coefficient (Wildman–Crippen LogP) is 4.61. The Balaban J connectivity index is 1.91. The van der Waals surface area contributed by atoms with Crippen molar-refractivity contribution in [2.45, 2.75) is 12.2 Å². The standard InChI is InChI=1S/C24H16Cl2FNO7/c25-15-9-5-13(6-10-15)23(32)34-19(21(29)28-18-4-2-1-3-17(18)27)20(22(30)31)35-24(33)14-7-11-16(26)12-8-14/h1-12,19-20H,(H,28,29)(H,30,31)/t19-,20-/m1/s1. The molecule has 2 atom stereocenters. The van der Waals surface area contributed by atoms with Crippen LogP contribution in [0.2, 0.25) is 10.0 Å². The van der Waals surface area contributed by atoms with Gasteiger partial charge in [0.05, 0.1) is 16.8 Å². The van der Waals surface area contributed by atoms with Crippen LogP contribution in [-0.4, -0.2) is 41.1 Å². The van der Waals surface area contributed by atoms with E-state index < -0.39 is 41.8 Å². The Morgan fingerprint density at radius 3 is 1.66 bits per heavy atom. The van der Waals surface area contributed by atoms with Gasteiger partial charge >= 0.3 is 17.9 Å². The quantitative estimate of drug-likeness (QED) is 0.417. The van der Waals surface area contributed by atoms with Crippen LogP contribution in [0.4, 0.5) is 10.1 Å². The fraction of sp³-hybridized carbons (Fsp3) is 0.0833. The molecule has 1 amide bonds. The van der Waals surface area contributed by atoms with Gasteiger partial charge in [-0.15, -0.1) is 0 Å². The molecule has 3 aromatic carbocycles. The molecule has 0 heterocycles. The normalized spacial score (nSPS) is 12.2. The molecule has 3 rings (SSSR count). The Kier molecular flexibility index (Phi) is 8.40. The first-order chi connectivity index (χ1) is 16.7. The van der Waals surface area contributed by atoms with Crippen molar-refractivity contribution in [1.29, 1.82) is 0 Å². The van der Waals surface area contributed by atoms with E-state index in [2.05, 4.69) is 5.32 Å². The molecule has 0 spiro atoms. The molecule has 0 unspecified atom stereocenters. The Labute approximate surface area is 208 Å². The number of halogens is 3. The fourth-order valence-electron chi connectivity index (χ4n) is 2.80. The molecule has 2 N–H and O–H groups in total.